The Kier molecular flexibility index (Phi) is 3.17. The van der Waals surface area contributed by atoms with Crippen LogP contribution in [0.1, 0.15) is 27.2 Å². The minimum absolute atomic E-state index is 0.0424. The maximum absolute atomic E-state index is 11.4. The highest BCUT2D eigenvalue weighted by atomic mass is 16.5. The first kappa shape index (κ1) is 11.8. The molecule has 0 aliphatic heterocycles. The van der Waals surface area contributed by atoms with Gasteiger partial charge >= 0.3 is 11.9 Å². The predicted octanol–water partition coefficient (Wildman–Crippen LogP) is 1.65. The highest BCUT2D eigenvalue weighted by molar-refractivity contribution is 5.88. The quantitative estimate of drug-likeness (QED) is 0.405. The Labute approximate surface area is 89.2 Å². The van der Waals surface area contributed by atoms with Gasteiger partial charge in [0.2, 0.25) is 0 Å². The summed E-state index contributed by atoms with van der Waals surface area (Å²) in [7, 11) is 1.28. The van der Waals surface area contributed by atoms with E-state index in [9.17, 15) is 9.59 Å². The van der Waals surface area contributed by atoms with Crippen LogP contribution in [-0.2, 0) is 19.1 Å². The van der Waals surface area contributed by atoms with Gasteiger partial charge in [-0.25, -0.2) is 4.79 Å². The van der Waals surface area contributed by atoms with Gasteiger partial charge < -0.3 is 9.47 Å². The summed E-state index contributed by atoms with van der Waals surface area (Å²) in [5.74, 6) is -0.805. The number of esters is 2. The van der Waals surface area contributed by atoms with Crippen molar-refractivity contribution < 1.29 is 19.1 Å². The zero-order valence-electron chi connectivity index (χ0n) is 9.49. The maximum Gasteiger partial charge on any atom is 0.336 e. The molecular weight excluding hydrogens is 196 g/mol. The van der Waals surface area contributed by atoms with Gasteiger partial charge in [0.05, 0.1) is 18.6 Å². The van der Waals surface area contributed by atoms with Gasteiger partial charge in [-0.15, -0.1) is 0 Å². The zero-order chi connectivity index (χ0) is 11.6. The van der Waals surface area contributed by atoms with Crippen molar-refractivity contribution in [2.24, 2.45) is 11.3 Å². The molecule has 0 spiro atoms. The lowest BCUT2D eigenvalue weighted by Crippen LogP contribution is -2.09. The average molecular weight is 212 g/mol. The minimum Gasteiger partial charge on any atom is -0.466 e. The third kappa shape index (κ3) is 2.81. The van der Waals surface area contributed by atoms with E-state index in [1.54, 1.807) is 0 Å². The molecule has 0 amide bonds. The summed E-state index contributed by atoms with van der Waals surface area (Å²) in [6.45, 7) is 5.56. The first-order valence-electron chi connectivity index (χ1n) is 4.84. The minimum atomic E-state index is -0.488. The maximum atomic E-state index is 11.4. The van der Waals surface area contributed by atoms with Crippen molar-refractivity contribution in [3.63, 3.8) is 0 Å². The fourth-order valence-corrected chi connectivity index (χ4v) is 1.31. The van der Waals surface area contributed by atoms with Gasteiger partial charge in [0, 0.05) is 0 Å². The van der Waals surface area contributed by atoms with Crippen LogP contribution in [0.2, 0.25) is 0 Å². The zero-order valence-corrected chi connectivity index (χ0v) is 9.49. The lowest BCUT2D eigenvalue weighted by Gasteiger charge is -2.02. The van der Waals surface area contributed by atoms with E-state index in [1.807, 2.05) is 13.8 Å². The van der Waals surface area contributed by atoms with Crippen molar-refractivity contribution in [2.45, 2.75) is 27.2 Å². The van der Waals surface area contributed by atoms with Crippen molar-refractivity contribution in [1.29, 1.82) is 0 Å². The second-order valence-corrected chi connectivity index (χ2v) is 4.47. The second-order valence-electron chi connectivity index (χ2n) is 4.47. The van der Waals surface area contributed by atoms with Crippen molar-refractivity contribution in [2.75, 3.05) is 7.11 Å². The van der Waals surface area contributed by atoms with E-state index in [0.717, 1.165) is 12.7 Å². The molecule has 0 aromatic carbocycles. The Morgan fingerprint density at radius 2 is 1.93 bits per heavy atom. The Morgan fingerprint density at radius 1 is 1.40 bits per heavy atom. The van der Waals surface area contributed by atoms with Crippen LogP contribution in [0.25, 0.3) is 0 Å². The van der Waals surface area contributed by atoms with Crippen molar-refractivity contribution >= 4 is 11.9 Å². The van der Waals surface area contributed by atoms with E-state index in [2.05, 4.69) is 4.74 Å². The van der Waals surface area contributed by atoms with Crippen LogP contribution in [0.5, 0.6) is 0 Å². The molecule has 84 valence electrons. The average Bonchev–Trinajstić information content (AvgIpc) is 2.82. The molecule has 1 saturated carbocycles. The Balaban J connectivity index is 2.44. The van der Waals surface area contributed by atoms with E-state index < -0.39 is 5.97 Å². The third-order valence-electron chi connectivity index (χ3n) is 2.66. The molecule has 0 heterocycles. The summed E-state index contributed by atoms with van der Waals surface area (Å²) < 4.78 is 9.35. The smallest absolute Gasteiger partial charge is 0.336 e. The van der Waals surface area contributed by atoms with Crippen LogP contribution in [-0.4, -0.2) is 19.0 Å². The van der Waals surface area contributed by atoms with E-state index >= 15 is 0 Å². The monoisotopic (exact) mass is 212 g/mol. The number of methoxy groups -OCH3 is 1. The summed E-state index contributed by atoms with van der Waals surface area (Å²) in [5, 5.41) is 0. The fourth-order valence-electron chi connectivity index (χ4n) is 1.31. The normalized spacial score (nSPS) is 23.2. The summed E-state index contributed by atoms with van der Waals surface area (Å²) in [6, 6.07) is 0. The molecule has 1 aliphatic rings. The molecule has 1 atom stereocenters. The number of carbonyl (C=O) groups excluding carboxylic acids is 2. The van der Waals surface area contributed by atoms with E-state index in [0.29, 0.717) is 0 Å². The SMILES string of the molecule is COC(=O)/C(C)=C/OC(=O)[C@@H]1CC1(C)C. The molecule has 1 fully saturated rings. The van der Waals surface area contributed by atoms with E-state index in [4.69, 9.17) is 4.74 Å². The highest BCUT2D eigenvalue weighted by Gasteiger charge is 2.51. The van der Waals surface area contributed by atoms with Gasteiger partial charge in [0.25, 0.3) is 0 Å². The molecule has 0 aromatic rings. The third-order valence-corrected chi connectivity index (χ3v) is 2.66. The molecule has 0 bridgehead atoms. The van der Waals surface area contributed by atoms with Crippen LogP contribution < -0.4 is 0 Å². The van der Waals surface area contributed by atoms with Gasteiger partial charge in [-0.3, -0.25) is 4.79 Å². The van der Waals surface area contributed by atoms with Crippen LogP contribution in [0, 0.1) is 11.3 Å². The largest absolute Gasteiger partial charge is 0.466 e. The second kappa shape index (κ2) is 4.04. The summed E-state index contributed by atoms with van der Waals surface area (Å²) in [5.41, 5.74) is 0.327. The molecular formula is C11H16O4. The van der Waals surface area contributed by atoms with E-state index in [-0.39, 0.29) is 22.9 Å². The summed E-state index contributed by atoms with van der Waals surface area (Å²) >= 11 is 0. The van der Waals surface area contributed by atoms with Gasteiger partial charge in [-0.05, 0) is 18.8 Å². The van der Waals surface area contributed by atoms with Gasteiger partial charge in [0.1, 0.15) is 6.26 Å². The van der Waals surface area contributed by atoms with Gasteiger partial charge in [-0.1, -0.05) is 13.8 Å². The molecule has 0 N–H and O–H groups in total. The Hall–Kier alpha value is -1.32. The van der Waals surface area contributed by atoms with Crippen LogP contribution in [0.3, 0.4) is 0 Å². The summed E-state index contributed by atoms with van der Waals surface area (Å²) in [6.07, 6.45) is 2.00. The first-order chi connectivity index (χ1) is 6.88. The number of hydrogen-bond acceptors (Lipinski definition) is 4. The fraction of sp³-hybridized carbons (Fsp3) is 0.636. The molecule has 0 saturated heterocycles. The first-order valence-corrected chi connectivity index (χ1v) is 4.84. The van der Waals surface area contributed by atoms with Crippen molar-refractivity contribution in [3.05, 3.63) is 11.8 Å². The molecule has 15 heavy (non-hydrogen) atoms. The Bertz CT molecular complexity index is 315. The van der Waals surface area contributed by atoms with Crippen LogP contribution >= 0.6 is 0 Å². The Morgan fingerprint density at radius 3 is 2.33 bits per heavy atom. The molecule has 4 nitrogen and oxygen atoms in total. The van der Waals surface area contributed by atoms with Crippen molar-refractivity contribution in [3.8, 4) is 0 Å². The van der Waals surface area contributed by atoms with Crippen LogP contribution in [0.4, 0.5) is 0 Å². The van der Waals surface area contributed by atoms with Gasteiger partial charge in [-0.2, -0.15) is 0 Å². The van der Waals surface area contributed by atoms with Crippen LogP contribution in [0.15, 0.2) is 11.8 Å². The highest BCUT2D eigenvalue weighted by Crippen LogP contribution is 2.52. The molecule has 0 radical (unpaired) electrons. The molecule has 1 rings (SSSR count). The number of hydrogen-bond donors (Lipinski definition) is 0. The number of ether oxygens (including phenoxy) is 2. The van der Waals surface area contributed by atoms with E-state index in [1.165, 1.54) is 14.0 Å². The number of carbonyl (C=O) groups is 2. The molecule has 4 heteroatoms. The molecule has 0 aromatic heterocycles. The standard InChI is InChI=1S/C11H16O4/c1-7(9(12)14-4)6-15-10(13)8-5-11(8,2)3/h6,8H,5H2,1-4H3/b7-6+/t8-/m0/s1. The lowest BCUT2D eigenvalue weighted by atomic mass is 10.1. The molecule has 0 unspecified atom stereocenters. The topological polar surface area (TPSA) is 52.6 Å². The predicted molar refractivity (Wildman–Crippen MR) is 53.8 cm³/mol. The number of rotatable bonds is 3. The summed E-state index contributed by atoms with van der Waals surface area (Å²) in [4.78, 5) is 22.4. The lowest BCUT2D eigenvalue weighted by molar-refractivity contribution is -0.140. The molecule has 1 aliphatic carbocycles. The van der Waals surface area contributed by atoms with Crippen molar-refractivity contribution in [1.82, 2.24) is 0 Å². The van der Waals surface area contributed by atoms with Gasteiger partial charge in [0.15, 0.2) is 0 Å².